The van der Waals surface area contributed by atoms with Crippen molar-refractivity contribution in [3.8, 4) is 0 Å². The van der Waals surface area contributed by atoms with Gasteiger partial charge in [0.15, 0.2) is 0 Å². The molecule has 0 aromatic rings. The molecule has 0 aliphatic carbocycles. The highest BCUT2D eigenvalue weighted by molar-refractivity contribution is 7.87. The molecule has 0 atom stereocenters. The molecule has 0 aromatic carbocycles. The van der Waals surface area contributed by atoms with Crippen molar-refractivity contribution in [1.29, 1.82) is 0 Å². The lowest BCUT2D eigenvalue weighted by atomic mass is 9.78. The molecule has 2 fully saturated rings. The average molecular weight is 291 g/mol. The first kappa shape index (κ1) is 14.1. The zero-order valence-corrected chi connectivity index (χ0v) is 11.5. The predicted molar refractivity (Wildman–Crippen MR) is 65.3 cm³/mol. The lowest BCUT2D eigenvalue weighted by Gasteiger charge is -2.37. The number of carbonyl (C=O) groups excluding carboxylic acids is 2. The number of methoxy groups -OCH3 is 1. The van der Waals surface area contributed by atoms with Gasteiger partial charge in [-0.2, -0.15) is 12.7 Å². The lowest BCUT2D eigenvalue weighted by Crippen LogP contribution is -2.49. The van der Waals surface area contributed by atoms with E-state index in [1.54, 1.807) is 0 Å². The van der Waals surface area contributed by atoms with Crippen LogP contribution in [0.4, 0.5) is 4.79 Å². The molecule has 2 saturated heterocycles. The van der Waals surface area contributed by atoms with E-state index in [1.165, 1.54) is 4.31 Å². The molecule has 9 heteroatoms. The maximum atomic E-state index is 11.9. The smallest absolute Gasteiger partial charge is 0.421 e. The highest BCUT2D eigenvalue weighted by atomic mass is 32.2. The summed E-state index contributed by atoms with van der Waals surface area (Å²) in [7, 11) is -2.75. The first-order valence-corrected chi connectivity index (χ1v) is 7.43. The van der Waals surface area contributed by atoms with Gasteiger partial charge in [-0.3, -0.25) is 4.79 Å². The summed E-state index contributed by atoms with van der Waals surface area (Å²) in [5.41, 5.74) is -0.131. The second-order valence-electron chi connectivity index (χ2n) is 4.95. The van der Waals surface area contributed by atoms with Gasteiger partial charge in [-0.1, -0.05) is 0 Å². The second-order valence-corrected chi connectivity index (χ2v) is 6.62. The summed E-state index contributed by atoms with van der Waals surface area (Å²) in [5.74, 6) is 0.0176. The van der Waals surface area contributed by atoms with Gasteiger partial charge in [0.25, 0.3) is 0 Å². The Bertz CT molecular complexity index is 481. The van der Waals surface area contributed by atoms with E-state index in [0.29, 0.717) is 38.9 Å². The van der Waals surface area contributed by atoms with Gasteiger partial charge in [0.1, 0.15) is 0 Å². The van der Waals surface area contributed by atoms with E-state index in [4.69, 9.17) is 0 Å². The van der Waals surface area contributed by atoms with E-state index in [2.05, 4.69) is 10.1 Å². The zero-order valence-electron chi connectivity index (χ0n) is 10.6. The van der Waals surface area contributed by atoms with Gasteiger partial charge in [-0.15, -0.1) is 0 Å². The Morgan fingerprint density at radius 1 is 1.42 bits per heavy atom. The van der Waals surface area contributed by atoms with E-state index in [0.717, 1.165) is 7.11 Å². The van der Waals surface area contributed by atoms with E-state index in [9.17, 15) is 18.0 Å². The lowest BCUT2D eigenvalue weighted by molar-refractivity contribution is -0.119. The van der Waals surface area contributed by atoms with Gasteiger partial charge in [-0.05, 0) is 18.3 Å². The molecule has 2 aliphatic heterocycles. The largest absolute Gasteiger partial charge is 0.452 e. The molecule has 0 radical (unpaired) electrons. The second kappa shape index (κ2) is 4.97. The molecule has 8 nitrogen and oxygen atoms in total. The molecule has 2 N–H and O–H groups in total. The fourth-order valence-corrected chi connectivity index (χ4v) is 3.60. The first-order valence-electron chi connectivity index (χ1n) is 5.99. The van der Waals surface area contributed by atoms with E-state index >= 15 is 0 Å². The van der Waals surface area contributed by atoms with Gasteiger partial charge in [0.2, 0.25) is 5.91 Å². The molecule has 2 rings (SSSR count). The summed E-state index contributed by atoms with van der Waals surface area (Å²) >= 11 is 0. The minimum absolute atomic E-state index is 0.0176. The molecule has 2 heterocycles. The Morgan fingerprint density at radius 3 is 2.53 bits per heavy atom. The number of ether oxygens (including phenoxy) is 1. The Hall–Kier alpha value is -1.35. The first-order chi connectivity index (χ1) is 8.87. The fourth-order valence-electron chi connectivity index (χ4n) is 2.52. The van der Waals surface area contributed by atoms with Crippen LogP contribution in [0, 0.1) is 5.41 Å². The van der Waals surface area contributed by atoms with Crippen LogP contribution in [0.15, 0.2) is 0 Å². The van der Waals surface area contributed by atoms with Crippen molar-refractivity contribution in [2.75, 3.05) is 26.7 Å². The topological polar surface area (TPSA) is 105 Å². The average Bonchev–Trinajstić information content (AvgIpc) is 2.70. The quantitative estimate of drug-likeness (QED) is 0.692. The van der Waals surface area contributed by atoms with Crippen LogP contribution < -0.4 is 10.0 Å². The molecule has 2 aliphatic rings. The summed E-state index contributed by atoms with van der Waals surface area (Å²) in [4.78, 5) is 22.2. The third kappa shape index (κ3) is 2.98. The Balaban J connectivity index is 1.96. The van der Waals surface area contributed by atoms with Crippen molar-refractivity contribution in [1.82, 2.24) is 14.3 Å². The molecular weight excluding hydrogens is 274 g/mol. The number of nitrogens with zero attached hydrogens (tertiary/aromatic N) is 1. The van der Waals surface area contributed by atoms with Crippen molar-refractivity contribution in [3.63, 3.8) is 0 Å². The number of piperidine rings is 1. The van der Waals surface area contributed by atoms with Crippen molar-refractivity contribution in [3.05, 3.63) is 0 Å². The van der Waals surface area contributed by atoms with Gasteiger partial charge < -0.3 is 10.1 Å². The minimum atomic E-state index is -3.85. The van der Waals surface area contributed by atoms with Crippen molar-refractivity contribution in [2.24, 2.45) is 5.41 Å². The number of rotatable bonds is 2. The van der Waals surface area contributed by atoms with Gasteiger partial charge in [-0.25, -0.2) is 9.52 Å². The van der Waals surface area contributed by atoms with Crippen LogP contribution in [0.3, 0.4) is 0 Å². The van der Waals surface area contributed by atoms with Gasteiger partial charge in [0.05, 0.1) is 7.11 Å². The molecule has 0 aromatic heterocycles. The highest BCUT2D eigenvalue weighted by Gasteiger charge is 2.43. The van der Waals surface area contributed by atoms with Crippen LogP contribution >= 0.6 is 0 Å². The van der Waals surface area contributed by atoms with Gasteiger partial charge >= 0.3 is 16.3 Å². The number of hydrogen-bond donors (Lipinski definition) is 2. The van der Waals surface area contributed by atoms with Crippen LogP contribution in [0.2, 0.25) is 0 Å². The van der Waals surface area contributed by atoms with E-state index in [1.807, 2.05) is 4.72 Å². The predicted octanol–water partition coefficient (Wildman–Crippen LogP) is -0.811. The highest BCUT2D eigenvalue weighted by Crippen LogP contribution is 2.37. The van der Waals surface area contributed by atoms with Crippen LogP contribution in [-0.2, 0) is 19.7 Å². The molecular formula is C10H17N3O5S. The molecule has 0 saturated carbocycles. The van der Waals surface area contributed by atoms with Crippen LogP contribution in [-0.4, -0.2) is 51.5 Å². The number of amides is 2. The molecule has 1 spiro atoms. The van der Waals surface area contributed by atoms with Crippen LogP contribution in [0.5, 0.6) is 0 Å². The fraction of sp³-hybridized carbons (Fsp3) is 0.800. The number of carbonyl (C=O) groups is 2. The Labute approximate surface area is 111 Å². The van der Waals surface area contributed by atoms with Crippen LogP contribution in [0.25, 0.3) is 0 Å². The summed E-state index contributed by atoms with van der Waals surface area (Å²) < 4.78 is 31.0. The monoisotopic (exact) mass is 291 g/mol. The van der Waals surface area contributed by atoms with Gasteiger partial charge in [0, 0.05) is 26.1 Å². The normalized spacial score (nSPS) is 23.1. The maximum Gasteiger partial charge on any atom is 0.421 e. The molecule has 0 bridgehead atoms. The maximum absolute atomic E-state index is 11.9. The van der Waals surface area contributed by atoms with Crippen LogP contribution in [0.1, 0.15) is 19.3 Å². The third-order valence-electron chi connectivity index (χ3n) is 3.72. The van der Waals surface area contributed by atoms with E-state index < -0.39 is 16.3 Å². The SMILES string of the molecule is COC(=O)NS(=O)(=O)N1CCC2(CC1)CNC(=O)C2. The summed E-state index contributed by atoms with van der Waals surface area (Å²) in [6, 6.07) is 0. The standard InChI is InChI=1S/C10H17N3O5S/c1-18-9(15)12-19(16,17)13-4-2-10(3-5-13)6-8(14)11-7-10/h2-7H2,1H3,(H,11,14)(H,12,15). The Morgan fingerprint density at radius 2 is 2.05 bits per heavy atom. The van der Waals surface area contributed by atoms with E-state index in [-0.39, 0.29) is 11.3 Å². The summed E-state index contributed by atoms with van der Waals surface area (Å²) in [5, 5.41) is 2.78. The Kier molecular flexibility index (Phi) is 3.68. The minimum Gasteiger partial charge on any atom is -0.452 e. The van der Waals surface area contributed by atoms with Crippen molar-refractivity contribution >= 4 is 22.2 Å². The summed E-state index contributed by atoms with van der Waals surface area (Å²) in [6.45, 7) is 1.19. The molecule has 2 amide bonds. The molecule has 108 valence electrons. The number of hydrogen-bond acceptors (Lipinski definition) is 5. The summed E-state index contributed by atoms with van der Waals surface area (Å²) in [6.07, 6.45) is 0.658. The van der Waals surface area contributed by atoms with Crippen molar-refractivity contribution in [2.45, 2.75) is 19.3 Å². The van der Waals surface area contributed by atoms with Crippen molar-refractivity contribution < 1.29 is 22.7 Å². The third-order valence-corrected chi connectivity index (χ3v) is 5.19. The molecule has 19 heavy (non-hydrogen) atoms. The molecule has 0 unspecified atom stereocenters. The number of nitrogens with one attached hydrogen (secondary N) is 2. The zero-order chi connectivity index (χ0) is 14.1.